The maximum atomic E-state index is 13.1. The number of pyridine rings is 1. The number of aromatic nitrogens is 1. The second kappa shape index (κ2) is 10.2. The van der Waals surface area contributed by atoms with Gasteiger partial charge in [-0.25, -0.2) is 0 Å². The summed E-state index contributed by atoms with van der Waals surface area (Å²) < 4.78 is 7.05. The molecule has 0 bridgehead atoms. The lowest BCUT2D eigenvalue weighted by atomic mass is 10.1. The van der Waals surface area contributed by atoms with Gasteiger partial charge < -0.3 is 14.2 Å². The molecule has 0 saturated carbocycles. The average Bonchev–Trinajstić information content (AvgIpc) is 2.81. The maximum absolute atomic E-state index is 13.1. The minimum absolute atomic E-state index is 0.210. The largest absolute Gasteiger partial charge is 0.496 e. The first-order valence-electron chi connectivity index (χ1n) is 11.0. The molecule has 2 heterocycles. The molecular weight excluding hydrogens is 438 g/mol. The van der Waals surface area contributed by atoms with Crippen molar-refractivity contribution in [2.24, 2.45) is 0 Å². The predicted molar refractivity (Wildman–Crippen MR) is 130 cm³/mol. The SMILES string of the molecule is COc1ccc(Cl)cc1CN1CCN(C(=O)c2cccn(Cc3cccc(C)c3)c2=O)CC1. The molecule has 0 spiro atoms. The van der Waals surface area contributed by atoms with Gasteiger partial charge in [-0.1, -0.05) is 41.4 Å². The van der Waals surface area contributed by atoms with Crippen LogP contribution in [-0.4, -0.2) is 53.6 Å². The van der Waals surface area contributed by atoms with Crippen LogP contribution < -0.4 is 10.3 Å². The molecule has 6 nitrogen and oxygen atoms in total. The summed E-state index contributed by atoms with van der Waals surface area (Å²) in [5.74, 6) is 0.593. The number of hydrogen-bond acceptors (Lipinski definition) is 4. The third kappa shape index (κ3) is 5.46. The third-order valence-corrected chi connectivity index (χ3v) is 6.22. The van der Waals surface area contributed by atoms with E-state index in [1.807, 2.05) is 43.3 Å². The summed E-state index contributed by atoms with van der Waals surface area (Å²) in [5.41, 5.74) is 3.16. The Bertz CT molecular complexity index is 1200. The van der Waals surface area contributed by atoms with Crippen molar-refractivity contribution in [3.8, 4) is 5.75 Å². The number of amides is 1. The van der Waals surface area contributed by atoms with Gasteiger partial charge in [-0.2, -0.15) is 0 Å². The second-order valence-electron chi connectivity index (χ2n) is 8.37. The van der Waals surface area contributed by atoms with E-state index in [0.717, 1.165) is 22.4 Å². The Morgan fingerprint density at radius 3 is 2.52 bits per heavy atom. The summed E-state index contributed by atoms with van der Waals surface area (Å²) in [4.78, 5) is 30.2. The topological polar surface area (TPSA) is 54.8 Å². The number of hydrogen-bond donors (Lipinski definition) is 0. The molecule has 1 aromatic heterocycles. The molecule has 0 N–H and O–H groups in total. The molecule has 1 fully saturated rings. The van der Waals surface area contributed by atoms with Crippen molar-refractivity contribution in [3.05, 3.63) is 98.4 Å². The highest BCUT2D eigenvalue weighted by molar-refractivity contribution is 6.30. The smallest absolute Gasteiger partial charge is 0.263 e. The number of carbonyl (C=O) groups excluding carboxylic acids is 1. The molecule has 172 valence electrons. The monoisotopic (exact) mass is 465 g/mol. The van der Waals surface area contributed by atoms with E-state index < -0.39 is 0 Å². The number of benzene rings is 2. The summed E-state index contributed by atoms with van der Waals surface area (Å²) in [6, 6.07) is 17.0. The van der Waals surface area contributed by atoms with Gasteiger partial charge in [0.15, 0.2) is 0 Å². The van der Waals surface area contributed by atoms with E-state index in [0.29, 0.717) is 44.3 Å². The Balaban J connectivity index is 1.42. The van der Waals surface area contributed by atoms with Crippen molar-refractivity contribution >= 4 is 17.5 Å². The van der Waals surface area contributed by atoms with E-state index >= 15 is 0 Å². The van der Waals surface area contributed by atoms with Crippen LogP contribution in [0.4, 0.5) is 0 Å². The number of methoxy groups -OCH3 is 1. The third-order valence-electron chi connectivity index (χ3n) is 5.98. The van der Waals surface area contributed by atoms with Crippen molar-refractivity contribution in [2.45, 2.75) is 20.0 Å². The zero-order chi connectivity index (χ0) is 23.4. The molecule has 1 saturated heterocycles. The summed E-state index contributed by atoms with van der Waals surface area (Å²) >= 11 is 6.15. The number of ether oxygens (including phenoxy) is 1. The van der Waals surface area contributed by atoms with E-state index in [4.69, 9.17) is 16.3 Å². The summed E-state index contributed by atoms with van der Waals surface area (Å²) in [6.07, 6.45) is 1.73. The summed E-state index contributed by atoms with van der Waals surface area (Å²) in [5, 5.41) is 0.672. The number of rotatable bonds is 6. The van der Waals surface area contributed by atoms with Crippen LogP contribution >= 0.6 is 11.6 Å². The average molecular weight is 466 g/mol. The normalized spacial score (nSPS) is 14.3. The minimum atomic E-state index is -0.255. The highest BCUT2D eigenvalue weighted by Gasteiger charge is 2.25. The molecule has 1 aliphatic rings. The highest BCUT2D eigenvalue weighted by atomic mass is 35.5. The fourth-order valence-corrected chi connectivity index (χ4v) is 4.42. The number of piperazine rings is 1. The number of carbonyl (C=O) groups is 1. The van der Waals surface area contributed by atoms with Gasteiger partial charge in [0.2, 0.25) is 0 Å². The standard InChI is InChI=1S/C26H28ClN3O3/c1-19-5-3-6-20(15-19)17-30-10-4-7-23(26(30)32)25(31)29-13-11-28(12-14-29)18-21-16-22(27)8-9-24(21)33-2/h3-10,15-16H,11-14,17-18H2,1-2H3. The van der Waals surface area contributed by atoms with Gasteiger partial charge in [0.25, 0.3) is 11.5 Å². The first-order valence-corrected chi connectivity index (χ1v) is 11.4. The summed E-state index contributed by atoms with van der Waals surface area (Å²) in [7, 11) is 1.65. The molecule has 0 radical (unpaired) electrons. The molecule has 7 heteroatoms. The summed E-state index contributed by atoms with van der Waals surface area (Å²) in [6.45, 7) is 5.71. The van der Waals surface area contributed by atoms with E-state index in [-0.39, 0.29) is 17.0 Å². The Morgan fingerprint density at radius 2 is 1.79 bits per heavy atom. The van der Waals surface area contributed by atoms with Gasteiger partial charge in [-0.3, -0.25) is 14.5 Å². The van der Waals surface area contributed by atoms with Crippen LogP contribution in [0.3, 0.4) is 0 Å². The first-order chi connectivity index (χ1) is 15.9. The Morgan fingerprint density at radius 1 is 1.00 bits per heavy atom. The van der Waals surface area contributed by atoms with Crippen molar-refractivity contribution in [2.75, 3.05) is 33.3 Å². The van der Waals surface area contributed by atoms with Crippen LogP contribution in [0.2, 0.25) is 5.02 Å². The second-order valence-corrected chi connectivity index (χ2v) is 8.80. The van der Waals surface area contributed by atoms with E-state index in [1.165, 1.54) is 0 Å². The Hall–Kier alpha value is -3.09. The predicted octanol–water partition coefficient (Wildman–Crippen LogP) is 3.83. The molecule has 2 aromatic carbocycles. The first kappa shape index (κ1) is 23.1. The van der Waals surface area contributed by atoms with Crippen LogP contribution in [0.5, 0.6) is 5.75 Å². The molecule has 1 amide bonds. The van der Waals surface area contributed by atoms with Crippen molar-refractivity contribution in [3.63, 3.8) is 0 Å². The molecule has 0 unspecified atom stereocenters. The zero-order valence-corrected chi connectivity index (χ0v) is 19.7. The molecule has 3 aromatic rings. The van der Waals surface area contributed by atoms with Crippen LogP contribution in [0.15, 0.2) is 65.6 Å². The van der Waals surface area contributed by atoms with Gasteiger partial charge in [0.05, 0.1) is 13.7 Å². The van der Waals surface area contributed by atoms with Crippen LogP contribution in [-0.2, 0) is 13.1 Å². The lowest BCUT2D eigenvalue weighted by Crippen LogP contribution is -2.49. The molecule has 0 atom stereocenters. The van der Waals surface area contributed by atoms with Gasteiger partial charge >= 0.3 is 0 Å². The quantitative estimate of drug-likeness (QED) is 0.555. The maximum Gasteiger partial charge on any atom is 0.263 e. The van der Waals surface area contributed by atoms with Gasteiger partial charge in [0.1, 0.15) is 11.3 Å². The molecule has 4 rings (SSSR count). The molecule has 1 aliphatic heterocycles. The lowest BCUT2D eigenvalue weighted by molar-refractivity contribution is 0.0625. The zero-order valence-electron chi connectivity index (χ0n) is 19.0. The van der Waals surface area contributed by atoms with Crippen LogP contribution in [0.25, 0.3) is 0 Å². The van der Waals surface area contributed by atoms with Gasteiger partial charge in [-0.05, 0) is 42.8 Å². The van der Waals surface area contributed by atoms with Crippen LogP contribution in [0, 0.1) is 6.92 Å². The number of nitrogens with zero attached hydrogens (tertiary/aromatic N) is 3. The highest BCUT2D eigenvalue weighted by Crippen LogP contribution is 2.24. The van der Waals surface area contributed by atoms with Crippen molar-refractivity contribution in [1.29, 1.82) is 0 Å². The Kier molecular flexibility index (Phi) is 7.16. The molecule has 33 heavy (non-hydrogen) atoms. The number of halogens is 1. The minimum Gasteiger partial charge on any atom is -0.496 e. The van der Waals surface area contributed by atoms with Crippen LogP contribution in [0.1, 0.15) is 27.0 Å². The number of aryl methyl sites for hydroxylation is 1. The Labute approximate surface area is 199 Å². The van der Waals surface area contributed by atoms with Gasteiger partial charge in [0, 0.05) is 49.5 Å². The van der Waals surface area contributed by atoms with Crippen molar-refractivity contribution in [1.82, 2.24) is 14.4 Å². The fraction of sp³-hybridized carbons (Fsp3) is 0.308. The molecule has 0 aliphatic carbocycles. The van der Waals surface area contributed by atoms with E-state index in [9.17, 15) is 9.59 Å². The van der Waals surface area contributed by atoms with E-state index in [2.05, 4.69) is 11.0 Å². The lowest BCUT2D eigenvalue weighted by Gasteiger charge is -2.35. The molecular formula is C26H28ClN3O3. The van der Waals surface area contributed by atoms with E-state index in [1.54, 1.807) is 34.9 Å². The van der Waals surface area contributed by atoms with Crippen molar-refractivity contribution < 1.29 is 9.53 Å². The van der Waals surface area contributed by atoms with Gasteiger partial charge in [-0.15, -0.1) is 0 Å². The fourth-order valence-electron chi connectivity index (χ4n) is 4.22.